The molecule has 158 valence electrons. The van der Waals surface area contributed by atoms with Gasteiger partial charge in [-0.2, -0.15) is 0 Å². The molecular formula is C24H18N4O3S. The van der Waals surface area contributed by atoms with Crippen LogP contribution in [0.15, 0.2) is 72.9 Å². The maximum absolute atomic E-state index is 13.6. The van der Waals surface area contributed by atoms with Crippen molar-refractivity contribution in [1.82, 2.24) is 9.97 Å². The summed E-state index contributed by atoms with van der Waals surface area (Å²) < 4.78 is 0.975. The fourth-order valence-electron chi connectivity index (χ4n) is 3.65. The maximum Gasteiger partial charge on any atom is 0.260 e. The summed E-state index contributed by atoms with van der Waals surface area (Å²) >= 11 is 1.43. The van der Waals surface area contributed by atoms with Crippen LogP contribution < -0.4 is 9.80 Å². The molecule has 0 N–H and O–H groups in total. The van der Waals surface area contributed by atoms with Gasteiger partial charge in [-0.15, -0.1) is 0 Å². The summed E-state index contributed by atoms with van der Waals surface area (Å²) in [5.74, 6) is -0.789. The Hall–Kier alpha value is -3.91. The highest BCUT2D eigenvalue weighted by Gasteiger charge is 2.31. The van der Waals surface area contributed by atoms with E-state index in [2.05, 4.69) is 9.97 Å². The standard InChI is InChI=1S/C24H18N4O3S/c29-21-11-12-22(30)28(21)18-8-5-6-16(14-18)23(31)27(15-17-7-3-4-13-25-17)24-26-19-9-1-2-10-20(19)32-24/h1-10,13-14H,11-12,15H2. The molecule has 0 atom stereocenters. The number of imide groups is 1. The van der Waals surface area contributed by atoms with Crippen LogP contribution in [0.25, 0.3) is 10.2 Å². The molecule has 0 saturated carbocycles. The van der Waals surface area contributed by atoms with E-state index < -0.39 is 0 Å². The van der Waals surface area contributed by atoms with Crippen LogP contribution in [0.2, 0.25) is 0 Å². The van der Waals surface area contributed by atoms with Gasteiger partial charge in [-0.25, -0.2) is 4.98 Å². The number of nitrogens with zero attached hydrogens (tertiary/aromatic N) is 4. The SMILES string of the molecule is O=C(c1cccc(N2C(=O)CCC2=O)c1)N(Cc1ccccn1)c1nc2ccccc2s1. The monoisotopic (exact) mass is 442 g/mol. The Kier molecular flexibility index (Phi) is 5.20. The lowest BCUT2D eigenvalue weighted by Gasteiger charge is -2.21. The summed E-state index contributed by atoms with van der Waals surface area (Å²) in [6.45, 7) is 0.241. The van der Waals surface area contributed by atoms with Crippen molar-refractivity contribution in [3.63, 3.8) is 0 Å². The molecule has 0 bridgehead atoms. The summed E-state index contributed by atoms with van der Waals surface area (Å²) in [4.78, 5) is 49.7. The van der Waals surface area contributed by atoms with Crippen LogP contribution in [0.5, 0.6) is 0 Å². The molecule has 32 heavy (non-hydrogen) atoms. The minimum absolute atomic E-state index is 0.189. The first-order valence-corrected chi connectivity index (χ1v) is 10.9. The molecule has 1 saturated heterocycles. The lowest BCUT2D eigenvalue weighted by atomic mass is 10.1. The molecule has 3 amide bonds. The highest BCUT2D eigenvalue weighted by Crippen LogP contribution is 2.31. The molecule has 0 aliphatic carbocycles. The Balaban J connectivity index is 1.54. The number of rotatable bonds is 5. The van der Waals surface area contributed by atoms with Crippen molar-refractivity contribution in [3.8, 4) is 0 Å². The van der Waals surface area contributed by atoms with E-state index in [0.29, 0.717) is 16.4 Å². The molecule has 1 fully saturated rings. The molecule has 0 radical (unpaired) electrons. The van der Waals surface area contributed by atoms with E-state index in [-0.39, 0.29) is 37.1 Å². The number of amides is 3. The summed E-state index contributed by atoms with van der Waals surface area (Å²) in [6.07, 6.45) is 2.06. The van der Waals surface area contributed by atoms with Gasteiger partial charge in [0, 0.05) is 24.6 Å². The van der Waals surface area contributed by atoms with Gasteiger partial charge in [-0.1, -0.05) is 35.6 Å². The summed E-state index contributed by atoms with van der Waals surface area (Å²) in [7, 11) is 0. The molecule has 4 aromatic rings. The first kappa shape index (κ1) is 20.0. The van der Waals surface area contributed by atoms with Crippen molar-refractivity contribution in [3.05, 3.63) is 84.2 Å². The number of para-hydroxylation sites is 1. The smallest absolute Gasteiger partial charge is 0.260 e. The molecule has 2 aromatic heterocycles. The number of anilines is 2. The van der Waals surface area contributed by atoms with Crippen LogP contribution in [-0.2, 0) is 16.1 Å². The van der Waals surface area contributed by atoms with Crippen LogP contribution in [0.4, 0.5) is 10.8 Å². The van der Waals surface area contributed by atoms with Gasteiger partial charge in [0.15, 0.2) is 5.13 Å². The van der Waals surface area contributed by atoms with Crippen LogP contribution in [0.1, 0.15) is 28.9 Å². The first-order chi connectivity index (χ1) is 15.6. The molecule has 7 nitrogen and oxygen atoms in total. The minimum Gasteiger partial charge on any atom is -0.278 e. The number of aromatic nitrogens is 2. The van der Waals surface area contributed by atoms with Crippen LogP contribution >= 0.6 is 11.3 Å². The van der Waals surface area contributed by atoms with E-state index in [4.69, 9.17) is 0 Å². The number of hydrogen-bond acceptors (Lipinski definition) is 6. The topological polar surface area (TPSA) is 83.5 Å². The van der Waals surface area contributed by atoms with Crippen LogP contribution in [-0.4, -0.2) is 27.7 Å². The molecule has 3 heterocycles. The van der Waals surface area contributed by atoms with E-state index in [1.165, 1.54) is 11.3 Å². The predicted octanol–water partition coefficient (Wildman–Crippen LogP) is 4.19. The summed E-state index contributed by atoms with van der Waals surface area (Å²) in [5, 5.41) is 0.556. The molecular weight excluding hydrogens is 424 g/mol. The lowest BCUT2D eigenvalue weighted by Crippen LogP contribution is -2.32. The zero-order valence-corrected chi connectivity index (χ0v) is 17.8. The second-order valence-electron chi connectivity index (χ2n) is 7.35. The number of carbonyl (C=O) groups excluding carboxylic acids is 3. The fraction of sp³-hybridized carbons (Fsp3) is 0.125. The van der Waals surface area contributed by atoms with Gasteiger partial charge in [0.2, 0.25) is 11.8 Å². The van der Waals surface area contributed by atoms with Crippen molar-refractivity contribution < 1.29 is 14.4 Å². The average Bonchev–Trinajstić information content (AvgIpc) is 3.40. The molecule has 1 aliphatic rings. The number of pyridine rings is 1. The third-order valence-corrected chi connectivity index (χ3v) is 6.27. The highest BCUT2D eigenvalue weighted by molar-refractivity contribution is 7.22. The van der Waals surface area contributed by atoms with Crippen LogP contribution in [0, 0.1) is 0 Å². The lowest BCUT2D eigenvalue weighted by molar-refractivity contribution is -0.121. The van der Waals surface area contributed by atoms with E-state index in [1.807, 2.05) is 42.5 Å². The van der Waals surface area contributed by atoms with Crippen molar-refractivity contribution in [2.75, 3.05) is 9.80 Å². The molecule has 2 aromatic carbocycles. The number of carbonyl (C=O) groups is 3. The van der Waals surface area contributed by atoms with E-state index in [9.17, 15) is 14.4 Å². The molecule has 1 aliphatic heterocycles. The average molecular weight is 443 g/mol. The van der Waals surface area contributed by atoms with Crippen molar-refractivity contribution in [1.29, 1.82) is 0 Å². The van der Waals surface area contributed by atoms with Crippen molar-refractivity contribution in [2.24, 2.45) is 0 Å². The van der Waals surface area contributed by atoms with Gasteiger partial charge in [-0.3, -0.25) is 29.2 Å². The zero-order chi connectivity index (χ0) is 22.1. The third-order valence-electron chi connectivity index (χ3n) is 5.21. The maximum atomic E-state index is 13.6. The first-order valence-electron chi connectivity index (χ1n) is 10.1. The molecule has 0 spiro atoms. The number of fused-ring (bicyclic) bond motifs is 1. The number of thiazole rings is 1. The van der Waals surface area contributed by atoms with E-state index in [0.717, 1.165) is 20.8 Å². The highest BCUT2D eigenvalue weighted by atomic mass is 32.1. The van der Waals surface area contributed by atoms with Gasteiger partial charge in [0.1, 0.15) is 0 Å². The van der Waals surface area contributed by atoms with Crippen LogP contribution in [0.3, 0.4) is 0 Å². The van der Waals surface area contributed by atoms with Gasteiger partial charge in [0.25, 0.3) is 5.91 Å². The zero-order valence-electron chi connectivity index (χ0n) is 17.0. The quantitative estimate of drug-likeness (QED) is 0.433. The minimum atomic E-state index is -0.282. The Morgan fingerprint density at radius 1 is 0.969 bits per heavy atom. The van der Waals surface area contributed by atoms with Gasteiger partial charge < -0.3 is 0 Å². The second-order valence-corrected chi connectivity index (χ2v) is 8.36. The largest absolute Gasteiger partial charge is 0.278 e. The Morgan fingerprint density at radius 3 is 2.50 bits per heavy atom. The normalized spacial score (nSPS) is 13.7. The molecule has 8 heteroatoms. The van der Waals surface area contributed by atoms with E-state index in [1.54, 1.807) is 35.4 Å². The summed E-state index contributed by atoms with van der Waals surface area (Å²) in [5.41, 5.74) is 2.31. The number of benzene rings is 2. The Labute approximate surface area is 187 Å². The summed E-state index contributed by atoms with van der Waals surface area (Å²) in [6, 6.07) is 19.9. The number of hydrogen-bond donors (Lipinski definition) is 0. The predicted molar refractivity (Wildman–Crippen MR) is 123 cm³/mol. The Morgan fingerprint density at radius 2 is 1.75 bits per heavy atom. The van der Waals surface area contributed by atoms with Gasteiger partial charge >= 0.3 is 0 Å². The van der Waals surface area contributed by atoms with E-state index >= 15 is 0 Å². The van der Waals surface area contributed by atoms with Gasteiger partial charge in [-0.05, 0) is 42.5 Å². The molecule has 5 rings (SSSR count). The van der Waals surface area contributed by atoms with Crippen molar-refractivity contribution >= 4 is 50.1 Å². The second kappa shape index (κ2) is 8.32. The Bertz CT molecular complexity index is 1290. The fourth-order valence-corrected chi connectivity index (χ4v) is 4.62. The third kappa shape index (κ3) is 3.76. The molecule has 0 unspecified atom stereocenters. The van der Waals surface area contributed by atoms with Gasteiger partial charge in [0.05, 0.1) is 28.1 Å². The van der Waals surface area contributed by atoms with Crippen molar-refractivity contribution in [2.45, 2.75) is 19.4 Å².